The molecule has 4 rings (SSSR count). The summed E-state index contributed by atoms with van der Waals surface area (Å²) in [5, 5.41) is 2.63. The maximum atomic E-state index is 12.8. The molecule has 0 spiro atoms. The summed E-state index contributed by atoms with van der Waals surface area (Å²) in [6.45, 7) is 4.01. The van der Waals surface area contributed by atoms with Crippen LogP contribution >= 0.6 is 11.3 Å². The number of hydrogen-bond donors (Lipinski definition) is 1. The summed E-state index contributed by atoms with van der Waals surface area (Å²) < 4.78 is 5.33. The van der Waals surface area contributed by atoms with Crippen molar-refractivity contribution in [2.45, 2.75) is 13.8 Å². The number of aryl methyl sites for hydroxylation is 2. The number of benzene rings is 2. The van der Waals surface area contributed by atoms with Gasteiger partial charge >= 0.3 is 0 Å². The molecule has 0 radical (unpaired) electrons. The number of nitrogens with one attached hydrogen (secondary N) is 1. The summed E-state index contributed by atoms with van der Waals surface area (Å²) in [6, 6.07) is 13.9. The van der Waals surface area contributed by atoms with Crippen molar-refractivity contribution < 1.29 is 4.74 Å². The van der Waals surface area contributed by atoms with Crippen molar-refractivity contribution in [2.75, 3.05) is 7.11 Å². The van der Waals surface area contributed by atoms with Crippen LogP contribution in [0.2, 0.25) is 0 Å². The first kappa shape index (κ1) is 16.5. The first-order valence-electron chi connectivity index (χ1n) is 8.31. The summed E-state index contributed by atoms with van der Waals surface area (Å²) in [6.07, 6.45) is 0. The van der Waals surface area contributed by atoms with Crippen LogP contribution in [0.5, 0.6) is 5.75 Å². The first-order valence-corrected chi connectivity index (χ1v) is 9.19. The van der Waals surface area contributed by atoms with Crippen LogP contribution in [0.15, 0.2) is 52.6 Å². The van der Waals surface area contributed by atoms with Gasteiger partial charge in [-0.1, -0.05) is 30.3 Å². The van der Waals surface area contributed by atoms with E-state index >= 15 is 0 Å². The van der Waals surface area contributed by atoms with Crippen LogP contribution in [0.1, 0.15) is 11.1 Å². The lowest BCUT2D eigenvalue weighted by Crippen LogP contribution is -2.09. The maximum absolute atomic E-state index is 12.8. The monoisotopic (exact) mass is 362 g/mol. The molecule has 0 aliphatic rings. The van der Waals surface area contributed by atoms with Crippen molar-refractivity contribution in [3.8, 4) is 28.3 Å². The fraction of sp³-hybridized carbons (Fsp3) is 0.143. The predicted molar refractivity (Wildman–Crippen MR) is 107 cm³/mol. The van der Waals surface area contributed by atoms with Gasteiger partial charge in [-0.25, -0.2) is 4.98 Å². The number of methoxy groups -OCH3 is 1. The minimum atomic E-state index is -0.113. The molecule has 0 unspecified atom stereocenters. The van der Waals surface area contributed by atoms with E-state index in [1.54, 1.807) is 7.11 Å². The van der Waals surface area contributed by atoms with Gasteiger partial charge in [0.05, 0.1) is 12.5 Å². The van der Waals surface area contributed by atoms with Gasteiger partial charge in [0.15, 0.2) is 0 Å². The minimum absolute atomic E-state index is 0.113. The van der Waals surface area contributed by atoms with Gasteiger partial charge in [0.1, 0.15) is 16.4 Å². The number of rotatable bonds is 3. The van der Waals surface area contributed by atoms with Gasteiger partial charge in [-0.3, -0.25) is 4.79 Å². The molecular formula is C21H18N2O2S. The van der Waals surface area contributed by atoms with Gasteiger partial charge in [0.2, 0.25) is 0 Å². The van der Waals surface area contributed by atoms with E-state index in [1.807, 2.05) is 61.7 Å². The second-order valence-corrected chi connectivity index (χ2v) is 7.10. The molecule has 0 saturated heterocycles. The molecule has 2 aromatic carbocycles. The average molecular weight is 362 g/mol. The van der Waals surface area contributed by atoms with Crippen LogP contribution in [0.25, 0.3) is 32.7 Å². The van der Waals surface area contributed by atoms with Crippen molar-refractivity contribution in [1.29, 1.82) is 0 Å². The number of aromatic nitrogens is 2. The second kappa shape index (κ2) is 6.42. The zero-order chi connectivity index (χ0) is 18.3. The van der Waals surface area contributed by atoms with Crippen LogP contribution in [0.3, 0.4) is 0 Å². The number of aromatic amines is 1. The molecule has 2 heterocycles. The van der Waals surface area contributed by atoms with Crippen molar-refractivity contribution in [1.82, 2.24) is 9.97 Å². The fourth-order valence-electron chi connectivity index (χ4n) is 3.17. The lowest BCUT2D eigenvalue weighted by molar-refractivity contribution is 0.412. The third-order valence-electron chi connectivity index (χ3n) is 4.55. The minimum Gasteiger partial charge on any atom is -0.496 e. The number of nitrogens with zero attached hydrogens (tertiary/aromatic N) is 1. The zero-order valence-corrected chi connectivity index (χ0v) is 15.6. The van der Waals surface area contributed by atoms with Gasteiger partial charge in [-0.05, 0) is 42.7 Å². The molecule has 0 amide bonds. The Morgan fingerprint density at radius 2 is 1.85 bits per heavy atom. The summed E-state index contributed by atoms with van der Waals surface area (Å²) in [7, 11) is 1.66. The molecule has 5 heteroatoms. The van der Waals surface area contributed by atoms with E-state index in [0.29, 0.717) is 11.2 Å². The Labute approximate surface area is 155 Å². The Morgan fingerprint density at radius 3 is 2.58 bits per heavy atom. The molecular weight excluding hydrogens is 344 g/mol. The van der Waals surface area contributed by atoms with Gasteiger partial charge in [-0.15, -0.1) is 11.3 Å². The molecule has 0 bridgehead atoms. The number of hydrogen-bond acceptors (Lipinski definition) is 4. The molecule has 0 saturated carbocycles. The largest absolute Gasteiger partial charge is 0.496 e. The topological polar surface area (TPSA) is 55.0 Å². The predicted octanol–water partition coefficient (Wildman–Crippen LogP) is 4.94. The number of H-pyrrole nitrogens is 1. The van der Waals surface area contributed by atoms with E-state index in [2.05, 4.69) is 4.98 Å². The van der Waals surface area contributed by atoms with Crippen molar-refractivity contribution in [3.05, 3.63) is 69.3 Å². The van der Waals surface area contributed by atoms with Gasteiger partial charge in [0, 0.05) is 16.5 Å². The van der Waals surface area contributed by atoms with Gasteiger partial charge in [0.25, 0.3) is 5.56 Å². The molecule has 2 aromatic heterocycles. The quantitative estimate of drug-likeness (QED) is 0.561. The van der Waals surface area contributed by atoms with Gasteiger partial charge in [-0.2, -0.15) is 0 Å². The van der Waals surface area contributed by atoms with E-state index in [0.717, 1.165) is 38.4 Å². The average Bonchev–Trinajstić information content (AvgIpc) is 3.06. The second-order valence-electron chi connectivity index (χ2n) is 6.24. The van der Waals surface area contributed by atoms with Crippen LogP contribution in [0.4, 0.5) is 0 Å². The molecule has 4 aromatic rings. The Bertz CT molecular complexity index is 1170. The molecule has 0 atom stereocenters. The number of thiophene rings is 1. The SMILES string of the molecule is COc1ccc(-c2csc3nc(-c4ccccc4C)[nH]c(=O)c23)cc1C. The molecule has 130 valence electrons. The summed E-state index contributed by atoms with van der Waals surface area (Å²) in [5.41, 5.74) is 4.84. The normalized spacial score (nSPS) is 11.0. The van der Waals surface area contributed by atoms with E-state index in [-0.39, 0.29) is 5.56 Å². The highest BCUT2D eigenvalue weighted by atomic mass is 32.1. The zero-order valence-electron chi connectivity index (χ0n) is 14.8. The van der Waals surface area contributed by atoms with Crippen LogP contribution in [-0.4, -0.2) is 17.1 Å². The smallest absolute Gasteiger partial charge is 0.260 e. The Kier molecular flexibility index (Phi) is 4.09. The number of fused-ring (bicyclic) bond motifs is 1. The number of ether oxygens (including phenoxy) is 1. The van der Waals surface area contributed by atoms with Crippen molar-refractivity contribution in [3.63, 3.8) is 0 Å². The summed E-state index contributed by atoms with van der Waals surface area (Å²) >= 11 is 1.49. The van der Waals surface area contributed by atoms with E-state index < -0.39 is 0 Å². The molecule has 0 fully saturated rings. The Balaban J connectivity index is 1.89. The van der Waals surface area contributed by atoms with Crippen LogP contribution in [0, 0.1) is 13.8 Å². The summed E-state index contributed by atoms with van der Waals surface area (Å²) in [4.78, 5) is 21.2. The van der Waals surface area contributed by atoms with Crippen molar-refractivity contribution >= 4 is 21.6 Å². The lowest BCUT2D eigenvalue weighted by atomic mass is 10.0. The highest BCUT2D eigenvalue weighted by Gasteiger charge is 2.15. The first-order chi connectivity index (χ1) is 12.6. The van der Waals surface area contributed by atoms with Crippen LogP contribution < -0.4 is 10.3 Å². The summed E-state index contributed by atoms with van der Waals surface area (Å²) in [5.74, 6) is 1.45. The third kappa shape index (κ3) is 2.70. The molecule has 1 N–H and O–H groups in total. The van der Waals surface area contributed by atoms with Crippen LogP contribution in [-0.2, 0) is 0 Å². The third-order valence-corrected chi connectivity index (χ3v) is 5.42. The van der Waals surface area contributed by atoms with E-state index in [1.165, 1.54) is 11.3 Å². The molecule has 26 heavy (non-hydrogen) atoms. The Morgan fingerprint density at radius 1 is 1.04 bits per heavy atom. The highest BCUT2D eigenvalue weighted by molar-refractivity contribution is 7.17. The molecule has 0 aliphatic carbocycles. The van der Waals surface area contributed by atoms with E-state index in [4.69, 9.17) is 9.72 Å². The standard InChI is InChI=1S/C21H18N2O2S/c1-12-6-4-5-7-15(12)19-22-20(24)18-16(11-26-21(18)23-19)14-8-9-17(25-3)13(2)10-14/h4-11H,1-3H3,(H,22,23,24). The Hall–Kier alpha value is -2.92. The maximum Gasteiger partial charge on any atom is 0.260 e. The van der Waals surface area contributed by atoms with Gasteiger partial charge < -0.3 is 9.72 Å². The van der Waals surface area contributed by atoms with Crippen molar-refractivity contribution in [2.24, 2.45) is 0 Å². The van der Waals surface area contributed by atoms with E-state index in [9.17, 15) is 4.79 Å². The lowest BCUT2D eigenvalue weighted by Gasteiger charge is -2.07. The highest BCUT2D eigenvalue weighted by Crippen LogP contribution is 2.34. The molecule has 0 aliphatic heterocycles. The molecule has 4 nitrogen and oxygen atoms in total. The fourth-order valence-corrected chi connectivity index (χ4v) is 4.12.